The summed E-state index contributed by atoms with van der Waals surface area (Å²) in [6.45, 7) is 0. The number of hydrogen-bond donors (Lipinski definition) is 1. The van der Waals surface area contributed by atoms with Crippen molar-refractivity contribution in [1.29, 1.82) is 5.26 Å². The Bertz CT molecular complexity index is 462. The van der Waals surface area contributed by atoms with Gasteiger partial charge in [0.2, 0.25) is 0 Å². The molecule has 0 heterocycles. The maximum absolute atomic E-state index is 11.3. The van der Waals surface area contributed by atoms with Crippen molar-refractivity contribution in [1.82, 2.24) is 0 Å². The first kappa shape index (κ1) is 10.7. The third-order valence-electron chi connectivity index (χ3n) is 1.76. The smallest absolute Gasteiger partial charge is 0.282 e. The monoisotopic (exact) mass is 205 g/mol. The second kappa shape index (κ2) is 4.19. The summed E-state index contributed by atoms with van der Waals surface area (Å²) in [6, 6.07) is 5.39. The van der Waals surface area contributed by atoms with E-state index in [9.17, 15) is 14.9 Å². The number of anilines is 1. The van der Waals surface area contributed by atoms with Gasteiger partial charge in [-0.3, -0.25) is 14.9 Å². The Morgan fingerprint density at radius 2 is 2.27 bits per heavy atom. The SMILES string of the molecule is N#CCC(=O)c1ccc(N)cc1[N+](=O)[O-]. The molecule has 0 amide bonds. The summed E-state index contributed by atoms with van der Waals surface area (Å²) in [7, 11) is 0. The highest BCUT2D eigenvalue weighted by atomic mass is 16.6. The van der Waals surface area contributed by atoms with Crippen LogP contribution in [-0.2, 0) is 0 Å². The maximum atomic E-state index is 11.3. The van der Waals surface area contributed by atoms with Crippen molar-refractivity contribution < 1.29 is 9.72 Å². The largest absolute Gasteiger partial charge is 0.399 e. The molecule has 0 saturated carbocycles. The van der Waals surface area contributed by atoms with E-state index in [1.54, 1.807) is 6.07 Å². The normalized spacial score (nSPS) is 9.27. The number of rotatable bonds is 3. The van der Waals surface area contributed by atoms with Crippen LogP contribution in [0.4, 0.5) is 11.4 Å². The van der Waals surface area contributed by atoms with E-state index in [4.69, 9.17) is 11.0 Å². The van der Waals surface area contributed by atoms with Gasteiger partial charge in [0.15, 0.2) is 5.78 Å². The van der Waals surface area contributed by atoms with Gasteiger partial charge >= 0.3 is 0 Å². The molecule has 1 aromatic rings. The van der Waals surface area contributed by atoms with Crippen molar-refractivity contribution in [2.75, 3.05) is 5.73 Å². The number of ketones is 1. The molecule has 0 bridgehead atoms. The van der Waals surface area contributed by atoms with Crippen LogP contribution in [0.3, 0.4) is 0 Å². The van der Waals surface area contributed by atoms with Crippen molar-refractivity contribution in [2.24, 2.45) is 0 Å². The Balaban J connectivity index is 3.24. The second-order valence-electron chi connectivity index (χ2n) is 2.79. The lowest BCUT2D eigenvalue weighted by Crippen LogP contribution is -2.03. The molecule has 0 aromatic heterocycles. The third-order valence-corrected chi connectivity index (χ3v) is 1.76. The van der Waals surface area contributed by atoms with Crippen molar-refractivity contribution in [3.63, 3.8) is 0 Å². The lowest BCUT2D eigenvalue weighted by atomic mass is 10.1. The molecule has 1 aromatic carbocycles. The zero-order valence-electron chi connectivity index (χ0n) is 7.64. The lowest BCUT2D eigenvalue weighted by molar-refractivity contribution is -0.385. The standard InChI is InChI=1S/C9H7N3O3/c10-4-3-9(13)7-2-1-6(11)5-8(7)12(14)15/h1-2,5H,3,11H2. The van der Waals surface area contributed by atoms with Gasteiger partial charge in [-0.15, -0.1) is 0 Å². The molecule has 0 aliphatic heterocycles. The van der Waals surface area contributed by atoms with Crippen molar-refractivity contribution >= 4 is 17.2 Å². The van der Waals surface area contributed by atoms with Crippen molar-refractivity contribution in [3.8, 4) is 6.07 Å². The van der Waals surface area contributed by atoms with Crippen LogP contribution in [0.5, 0.6) is 0 Å². The van der Waals surface area contributed by atoms with Gasteiger partial charge in [0.25, 0.3) is 5.69 Å². The van der Waals surface area contributed by atoms with Gasteiger partial charge in [0.05, 0.1) is 23.0 Å². The van der Waals surface area contributed by atoms with E-state index in [0.29, 0.717) is 0 Å². The average Bonchev–Trinajstić information content (AvgIpc) is 2.17. The molecule has 2 N–H and O–H groups in total. The topological polar surface area (TPSA) is 110 Å². The fourth-order valence-corrected chi connectivity index (χ4v) is 1.10. The highest BCUT2D eigenvalue weighted by Crippen LogP contribution is 2.22. The molecule has 0 unspecified atom stereocenters. The molecule has 0 atom stereocenters. The van der Waals surface area contributed by atoms with Crippen LogP contribution in [-0.4, -0.2) is 10.7 Å². The predicted octanol–water partition coefficient (Wildman–Crippen LogP) is 1.27. The Morgan fingerprint density at radius 1 is 1.60 bits per heavy atom. The highest BCUT2D eigenvalue weighted by Gasteiger charge is 2.19. The number of nitro benzene ring substituents is 1. The third kappa shape index (κ3) is 2.28. The van der Waals surface area contributed by atoms with E-state index in [2.05, 4.69) is 0 Å². The Labute approximate surface area is 85.1 Å². The number of Topliss-reactive ketones (excluding diaryl/α,β-unsaturated/α-hetero) is 1. The van der Waals surface area contributed by atoms with E-state index in [1.165, 1.54) is 12.1 Å². The van der Waals surface area contributed by atoms with E-state index in [0.717, 1.165) is 6.07 Å². The molecular weight excluding hydrogens is 198 g/mol. The van der Waals surface area contributed by atoms with E-state index in [1.807, 2.05) is 0 Å². The van der Waals surface area contributed by atoms with Gasteiger partial charge < -0.3 is 5.73 Å². The molecule has 15 heavy (non-hydrogen) atoms. The van der Waals surface area contributed by atoms with Crippen LogP contribution in [0.1, 0.15) is 16.8 Å². The maximum Gasteiger partial charge on any atom is 0.282 e. The number of hydrogen-bond acceptors (Lipinski definition) is 5. The highest BCUT2D eigenvalue weighted by molar-refractivity contribution is 6.01. The molecule has 0 radical (unpaired) electrons. The van der Waals surface area contributed by atoms with Crippen molar-refractivity contribution in [2.45, 2.75) is 6.42 Å². The number of carbonyl (C=O) groups excluding carboxylic acids is 1. The van der Waals surface area contributed by atoms with Gasteiger partial charge in [0, 0.05) is 11.8 Å². The van der Waals surface area contributed by atoms with Crippen LogP contribution < -0.4 is 5.73 Å². The fourth-order valence-electron chi connectivity index (χ4n) is 1.10. The van der Waals surface area contributed by atoms with E-state index >= 15 is 0 Å². The number of nitriles is 1. The molecule has 0 spiro atoms. The minimum atomic E-state index is -0.693. The Hall–Kier alpha value is -2.42. The van der Waals surface area contributed by atoms with Gasteiger partial charge in [0.1, 0.15) is 0 Å². The molecule has 6 nitrogen and oxygen atoms in total. The zero-order valence-corrected chi connectivity index (χ0v) is 7.64. The summed E-state index contributed by atoms with van der Waals surface area (Å²) in [5, 5.41) is 18.9. The Kier molecular flexibility index (Phi) is 2.98. The summed E-state index contributed by atoms with van der Waals surface area (Å²) in [5.74, 6) is -0.579. The first-order valence-electron chi connectivity index (χ1n) is 4.00. The quantitative estimate of drug-likeness (QED) is 0.345. The zero-order chi connectivity index (χ0) is 11.4. The molecule has 76 valence electrons. The van der Waals surface area contributed by atoms with Crippen LogP contribution in [0, 0.1) is 21.4 Å². The predicted molar refractivity (Wildman–Crippen MR) is 52.1 cm³/mol. The number of nitrogens with zero attached hydrogens (tertiary/aromatic N) is 2. The molecule has 0 saturated heterocycles. The van der Waals surface area contributed by atoms with E-state index in [-0.39, 0.29) is 23.4 Å². The summed E-state index contributed by atoms with van der Waals surface area (Å²) >= 11 is 0. The fraction of sp³-hybridized carbons (Fsp3) is 0.111. The first-order valence-corrected chi connectivity index (χ1v) is 4.00. The molecule has 0 aliphatic rings. The number of nitro groups is 1. The second-order valence-corrected chi connectivity index (χ2v) is 2.79. The number of nitrogens with two attached hydrogens (primary N) is 1. The van der Waals surface area contributed by atoms with Crippen LogP contribution in [0.2, 0.25) is 0 Å². The number of carbonyl (C=O) groups is 1. The minimum absolute atomic E-state index is 0.0873. The minimum Gasteiger partial charge on any atom is -0.399 e. The van der Waals surface area contributed by atoms with Gasteiger partial charge in [-0.1, -0.05) is 0 Å². The molecular formula is C9H7N3O3. The van der Waals surface area contributed by atoms with Crippen LogP contribution >= 0.6 is 0 Å². The lowest BCUT2D eigenvalue weighted by Gasteiger charge is -2.00. The summed E-state index contributed by atoms with van der Waals surface area (Å²) in [6.07, 6.45) is -0.384. The number of nitrogen functional groups attached to an aromatic ring is 1. The van der Waals surface area contributed by atoms with Crippen molar-refractivity contribution in [3.05, 3.63) is 33.9 Å². The summed E-state index contributed by atoms with van der Waals surface area (Å²) in [5.41, 5.74) is 5.11. The Morgan fingerprint density at radius 3 is 2.80 bits per heavy atom. The first-order chi connectivity index (χ1) is 7.06. The molecule has 1 rings (SSSR count). The molecule has 0 aliphatic carbocycles. The van der Waals surface area contributed by atoms with Crippen LogP contribution in [0.25, 0.3) is 0 Å². The van der Waals surface area contributed by atoms with Gasteiger partial charge in [-0.25, -0.2) is 0 Å². The van der Waals surface area contributed by atoms with Crippen LogP contribution in [0.15, 0.2) is 18.2 Å². The van der Waals surface area contributed by atoms with Gasteiger partial charge in [-0.05, 0) is 12.1 Å². The summed E-state index contributed by atoms with van der Waals surface area (Å²) < 4.78 is 0. The number of benzene rings is 1. The van der Waals surface area contributed by atoms with Gasteiger partial charge in [-0.2, -0.15) is 5.26 Å². The molecule has 6 heteroatoms. The summed E-state index contributed by atoms with van der Waals surface area (Å²) in [4.78, 5) is 21.2. The average molecular weight is 205 g/mol. The van der Waals surface area contributed by atoms with E-state index < -0.39 is 10.7 Å². The molecule has 0 fully saturated rings.